The first-order chi connectivity index (χ1) is 9.13. The van der Waals surface area contributed by atoms with Crippen molar-refractivity contribution in [1.29, 1.82) is 0 Å². The van der Waals surface area contributed by atoms with E-state index in [2.05, 4.69) is 67.5 Å². The molecule has 0 aliphatic carbocycles. The van der Waals surface area contributed by atoms with E-state index in [1.807, 2.05) is 6.20 Å². The first-order valence-electron chi connectivity index (χ1n) is 6.56. The van der Waals surface area contributed by atoms with Gasteiger partial charge < -0.3 is 5.32 Å². The highest BCUT2D eigenvalue weighted by atomic mass is 32.2. The van der Waals surface area contributed by atoms with E-state index in [1.54, 1.807) is 11.8 Å². The highest BCUT2D eigenvalue weighted by Gasteiger charge is 2.00. The number of aromatic nitrogens is 1. The molecule has 0 amide bonds. The molecule has 1 aromatic heterocycles. The Bertz CT molecular complexity index is 521. The number of pyridine rings is 1. The molecule has 0 saturated heterocycles. The maximum Gasteiger partial charge on any atom is 0.101 e. The second-order valence-electron chi connectivity index (χ2n) is 4.96. The Morgan fingerprint density at radius 3 is 2.68 bits per heavy atom. The van der Waals surface area contributed by atoms with E-state index in [1.165, 1.54) is 16.0 Å². The van der Waals surface area contributed by atoms with Gasteiger partial charge in [-0.2, -0.15) is 0 Å². The van der Waals surface area contributed by atoms with Crippen molar-refractivity contribution in [2.75, 3.05) is 0 Å². The summed E-state index contributed by atoms with van der Waals surface area (Å²) in [5.41, 5.74) is 2.50. The monoisotopic (exact) mass is 272 g/mol. The first kappa shape index (κ1) is 14.1. The molecule has 0 unspecified atom stereocenters. The number of hydrogen-bond donors (Lipinski definition) is 1. The molecule has 0 saturated carbocycles. The predicted molar refractivity (Wildman–Crippen MR) is 81.5 cm³/mol. The van der Waals surface area contributed by atoms with Crippen LogP contribution in [0, 0.1) is 6.92 Å². The Labute approximate surface area is 119 Å². The highest BCUT2D eigenvalue weighted by Crippen LogP contribution is 2.26. The van der Waals surface area contributed by atoms with Crippen molar-refractivity contribution in [3.63, 3.8) is 0 Å². The summed E-state index contributed by atoms with van der Waals surface area (Å²) in [6.07, 6.45) is 1.95. The second-order valence-corrected chi connectivity index (χ2v) is 6.05. The number of nitrogens with zero attached hydrogens (tertiary/aromatic N) is 1. The summed E-state index contributed by atoms with van der Waals surface area (Å²) < 4.78 is 0. The predicted octanol–water partition coefficient (Wildman–Crippen LogP) is 4.04. The number of nitrogens with one attached hydrogen (secondary N) is 1. The summed E-state index contributed by atoms with van der Waals surface area (Å²) in [5.74, 6) is 0. The molecule has 2 nitrogen and oxygen atoms in total. The zero-order chi connectivity index (χ0) is 13.7. The van der Waals surface area contributed by atoms with Gasteiger partial charge in [-0.3, -0.25) is 0 Å². The molecule has 19 heavy (non-hydrogen) atoms. The van der Waals surface area contributed by atoms with Crippen LogP contribution in [0.4, 0.5) is 0 Å². The van der Waals surface area contributed by atoms with Crippen LogP contribution in [0.15, 0.2) is 52.5 Å². The standard InChI is InChI=1S/C16H20N2S/c1-12(2)17-10-14-7-8-16(18-11-14)19-15-6-4-5-13(3)9-15/h4-9,11-12,17H,10H2,1-3H3. The maximum atomic E-state index is 4.50. The van der Waals surface area contributed by atoms with Crippen LogP contribution in [-0.4, -0.2) is 11.0 Å². The minimum Gasteiger partial charge on any atom is -0.310 e. The van der Waals surface area contributed by atoms with Crippen molar-refractivity contribution < 1.29 is 0 Å². The lowest BCUT2D eigenvalue weighted by Crippen LogP contribution is -2.21. The van der Waals surface area contributed by atoms with Crippen molar-refractivity contribution in [3.8, 4) is 0 Å². The molecular formula is C16H20N2S. The van der Waals surface area contributed by atoms with Gasteiger partial charge in [-0.1, -0.05) is 49.4 Å². The molecule has 1 aromatic carbocycles. The molecule has 0 atom stereocenters. The van der Waals surface area contributed by atoms with Crippen LogP contribution < -0.4 is 5.32 Å². The van der Waals surface area contributed by atoms with E-state index in [0.29, 0.717) is 6.04 Å². The molecule has 0 aliphatic heterocycles. The lowest BCUT2D eigenvalue weighted by molar-refractivity contribution is 0.587. The molecular weight excluding hydrogens is 252 g/mol. The maximum absolute atomic E-state index is 4.50. The Kier molecular flexibility index (Phi) is 5.00. The highest BCUT2D eigenvalue weighted by molar-refractivity contribution is 7.99. The van der Waals surface area contributed by atoms with E-state index < -0.39 is 0 Å². The van der Waals surface area contributed by atoms with Gasteiger partial charge in [-0.05, 0) is 30.7 Å². The van der Waals surface area contributed by atoms with Crippen LogP contribution in [0.25, 0.3) is 0 Å². The fourth-order valence-electron chi connectivity index (χ4n) is 1.70. The zero-order valence-corrected chi connectivity index (χ0v) is 12.5. The third-order valence-electron chi connectivity index (χ3n) is 2.72. The van der Waals surface area contributed by atoms with Gasteiger partial charge in [-0.15, -0.1) is 0 Å². The van der Waals surface area contributed by atoms with Crippen LogP contribution >= 0.6 is 11.8 Å². The molecule has 1 N–H and O–H groups in total. The first-order valence-corrected chi connectivity index (χ1v) is 7.38. The smallest absolute Gasteiger partial charge is 0.101 e. The number of benzene rings is 1. The second kappa shape index (κ2) is 6.73. The molecule has 2 rings (SSSR count). The molecule has 100 valence electrons. The van der Waals surface area contributed by atoms with Gasteiger partial charge in [0.05, 0.1) is 0 Å². The summed E-state index contributed by atoms with van der Waals surface area (Å²) >= 11 is 1.70. The van der Waals surface area contributed by atoms with Crippen molar-refractivity contribution in [2.45, 2.75) is 43.3 Å². The SMILES string of the molecule is Cc1cccc(Sc2ccc(CNC(C)C)cn2)c1. The largest absolute Gasteiger partial charge is 0.310 e. The molecule has 1 heterocycles. The summed E-state index contributed by atoms with van der Waals surface area (Å²) in [4.78, 5) is 5.74. The summed E-state index contributed by atoms with van der Waals surface area (Å²) in [7, 11) is 0. The van der Waals surface area contributed by atoms with Crippen molar-refractivity contribution in [3.05, 3.63) is 53.7 Å². The molecule has 0 bridgehead atoms. The Hall–Kier alpha value is -1.32. The Morgan fingerprint density at radius 2 is 2.05 bits per heavy atom. The number of hydrogen-bond acceptors (Lipinski definition) is 3. The van der Waals surface area contributed by atoms with Crippen LogP contribution in [-0.2, 0) is 6.54 Å². The van der Waals surface area contributed by atoms with E-state index >= 15 is 0 Å². The van der Waals surface area contributed by atoms with Crippen molar-refractivity contribution in [2.24, 2.45) is 0 Å². The zero-order valence-electron chi connectivity index (χ0n) is 11.7. The van der Waals surface area contributed by atoms with Gasteiger partial charge in [0, 0.05) is 23.7 Å². The molecule has 3 heteroatoms. The average molecular weight is 272 g/mol. The fourth-order valence-corrected chi connectivity index (χ4v) is 2.57. The number of aryl methyl sites for hydroxylation is 1. The lowest BCUT2D eigenvalue weighted by atomic mass is 10.2. The van der Waals surface area contributed by atoms with Crippen molar-refractivity contribution >= 4 is 11.8 Å². The third kappa shape index (κ3) is 4.69. The van der Waals surface area contributed by atoms with Crippen LogP contribution in [0.5, 0.6) is 0 Å². The normalized spacial score (nSPS) is 10.9. The quantitative estimate of drug-likeness (QED) is 0.889. The van der Waals surface area contributed by atoms with Crippen LogP contribution in [0.1, 0.15) is 25.0 Å². The summed E-state index contributed by atoms with van der Waals surface area (Å²) in [5, 5.41) is 4.43. The molecule has 0 spiro atoms. The Morgan fingerprint density at radius 1 is 1.21 bits per heavy atom. The molecule has 0 fully saturated rings. The van der Waals surface area contributed by atoms with E-state index in [0.717, 1.165) is 11.6 Å². The van der Waals surface area contributed by atoms with Gasteiger partial charge in [-0.25, -0.2) is 4.98 Å². The molecule has 2 aromatic rings. The van der Waals surface area contributed by atoms with Gasteiger partial charge in [0.15, 0.2) is 0 Å². The van der Waals surface area contributed by atoms with Gasteiger partial charge >= 0.3 is 0 Å². The fraction of sp³-hybridized carbons (Fsp3) is 0.312. The van der Waals surface area contributed by atoms with Crippen LogP contribution in [0.3, 0.4) is 0 Å². The average Bonchev–Trinajstić information content (AvgIpc) is 2.38. The third-order valence-corrected chi connectivity index (χ3v) is 3.66. The number of rotatable bonds is 5. The van der Waals surface area contributed by atoms with E-state index in [9.17, 15) is 0 Å². The minimum atomic E-state index is 0.501. The van der Waals surface area contributed by atoms with Gasteiger partial charge in [0.2, 0.25) is 0 Å². The van der Waals surface area contributed by atoms with Gasteiger partial charge in [0.1, 0.15) is 5.03 Å². The summed E-state index contributed by atoms with van der Waals surface area (Å²) in [6, 6.07) is 13.2. The lowest BCUT2D eigenvalue weighted by Gasteiger charge is -2.08. The van der Waals surface area contributed by atoms with E-state index in [4.69, 9.17) is 0 Å². The van der Waals surface area contributed by atoms with E-state index in [-0.39, 0.29) is 0 Å². The molecule has 0 aliphatic rings. The van der Waals surface area contributed by atoms with Crippen LogP contribution in [0.2, 0.25) is 0 Å². The Balaban J connectivity index is 1.98. The van der Waals surface area contributed by atoms with Gasteiger partial charge in [0.25, 0.3) is 0 Å². The molecule has 0 radical (unpaired) electrons. The summed E-state index contributed by atoms with van der Waals surface area (Å²) in [6.45, 7) is 7.28. The van der Waals surface area contributed by atoms with Crippen molar-refractivity contribution in [1.82, 2.24) is 10.3 Å². The topological polar surface area (TPSA) is 24.9 Å². The minimum absolute atomic E-state index is 0.501.